The summed E-state index contributed by atoms with van der Waals surface area (Å²) < 4.78 is 0.978. The molecule has 1 heterocycles. The van der Waals surface area contributed by atoms with E-state index in [1.165, 1.54) is 0 Å². The zero-order valence-electron chi connectivity index (χ0n) is 11.6. The summed E-state index contributed by atoms with van der Waals surface area (Å²) in [4.78, 5) is 12.2. The standard InChI is InChI=1S/C15H15BrN4O/c1-9(10-4-2-5-11(16)8-10)17-20-15(21)14-12-6-3-7-13(12)18-19-14/h2,4-5,8H,3,6-7H2,1H3,(H,18,19)(H,20,21). The quantitative estimate of drug-likeness (QED) is 0.662. The van der Waals surface area contributed by atoms with E-state index in [2.05, 4.69) is 36.7 Å². The Morgan fingerprint density at radius 1 is 1.43 bits per heavy atom. The SMILES string of the molecule is CC(=NNC(=O)c1n[nH]c2c1CCC2)c1cccc(Br)c1. The van der Waals surface area contributed by atoms with Gasteiger partial charge in [-0.2, -0.15) is 10.2 Å². The summed E-state index contributed by atoms with van der Waals surface area (Å²) in [5.41, 5.74) is 6.86. The molecule has 0 radical (unpaired) electrons. The van der Waals surface area contributed by atoms with Gasteiger partial charge in [-0.25, -0.2) is 5.43 Å². The number of aromatic amines is 1. The normalized spacial score (nSPS) is 14.1. The second kappa shape index (κ2) is 5.81. The van der Waals surface area contributed by atoms with Crippen molar-refractivity contribution in [1.82, 2.24) is 15.6 Å². The molecule has 1 amide bonds. The monoisotopic (exact) mass is 346 g/mol. The van der Waals surface area contributed by atoms with Crippen LogP contribution >= 0.6 is 15.9 Å². The number of hydrazone groups is 1. The molecule has 0 unspecified atom stereocenters. The summed E-state index contributed by atoms with van der Waals surface area (Å²) in [5.74, 6) is -0.260. The van der Waals surface area contributed by atoms with Gasteiger partial charge in [0.15, 0.2) is 5.69 Å². The molecule has 5 nitrogen and oxygen atoms in total. The van der Waals surface area contributed by atoms with Crippen molar-refractivity contribution >= 4 is 27.5 Å². The Bertz CT molecular complexity index is 720. The molecule has 0 saturated carbocycles. The minimum Gasteiger partial charge on any atom is -0.281 e. The smallest absolute Gasteiger partial charge is 0.281 e. The molecule has 2 aromatic rings. The molecule has 0 spiro atoms. The van der Waals surface area contributed by atoms with Crippen LogP contribution in [0.1, 0.15) is 40.7 Å². The molecule has 1 aliphatic rings. The number of carbonyl (C=O) groups excluding carboxylic acids is 1. The Morgan fingerprint density at radius 3 is 3.10 bits per heavy atom. The Balaban J connectivity index is 1.74. The molecule has 1 aromatic carbocycles. The van der Waals surface area contributed by atoms with E-state index in [9.17, 15) is 4.79 Å². The molecule has 21 heavy (non-hydrogen) atoms. The lowest BCUT2D eigenvalue weighted by atomic mass is 10.1. The van der Waals surface area contributed by atoms with Gasteiger partial charge in [0.1, 0.15) is 0 Å². The van der Waals surface area contributed by atoms with Crippen LogP contribution < -0.4 is 5.43 Å². The van der Waals surface area contributed by atoms with Crippen molar-refractivity contribution in [2.24, 2.45) is 5.10 Å². The molecule has 0 saturated heterocycles. The molecule has 3 rings (SSSR count). The third kappa shape index (κ3) is 2.90. The summed E-state index contributed by atoms with van der Waals surface area (Å²) in [6, 6.07) is 7.78. The molecule has 0 atom stereocenters. The van der Waals surface area contributed by atoms with Gasteiger partial charge in [0.05, 0.1) is 5.71 Å². The molecule has 6 heteroatoms. The van der Waals surface area contributed by atoms with Crippen LogP contribution in [0.3, 0.4) is 0 Å². The van der Waals surface area contributed by atoms with E-state index in [1.54, 1.807) is 0 Å². The lowest BCUT2D eigenvalue weighted by molar-refractivity contribution is 0.0949. The molecular weight excluding hydrogens is 332 g/mol. The zero-order chi connectivity index (χ0) is 14.8. The number of nitrogens with one attached hydrogen (secondary N) is 2. The number of carbonyl (C=O) groups is 1. The van der Waals surface area contributed by atoms with E-state index in [4.69, 9.17) is 0 Å². The first-order valence-electron chi connectivity index (χ1n) is 6.82. The van der Waals surface area contributed by atoms with Crippen molar-refractivity contribution in [3.63, 3.8) is 0 Å². The van der Waals surface area contributed by atoms with Gasteiger partial charge in [0.2, 0.25) is 0 Å². The first kappa shape index (κ1) is 14.0. The van der Waals surface area contributed by atoms with Crippen LogP contribution in [0.25, 0.3) is 0 Å². The van der Waals surface area contributed by atoms with Crippen molar-refractivity contribution in [3.8, 4) is 0 Å². The number of amides is 1. The first-order valence-corrected chi connectivity index (χ1v) is 7.61. The van der Waals surface area contributed by atoms with Crippen molar-refractivity contribution in [2.45, 2.75) is 26.2 Å². The number of halogens is 1. The number of benzene rings is 1. The van der Waals surface area contributed by atoms with Crippen LogP contribution in [0.2, 0.25) is 0 Å². The summed E-state index contributed by atoms with van der Waals surface area (Å²) in [6.45, 7) is 1.86. The number of fused-ring (bicyclic) bond motifs is 1. The lowest BCUT2D eigenvalue weighted by Gasteiger charge is -2.03. The van der Waals surface area contributed by atoms with E-state index >= 15 is 0 Å². The maximum Gasteiger partial charge on any atom is 0.292 e. The van der Waals surface area contributed by atoms with Gasteiger partial charge >= 0.3 is 0 Å². The first-order chi connectivity index (χ1) is 10.1. The van der Waals surface area contributed by atoms with E-state index in [0.29, 0.717) is 5.69 Å². The molecule has 2 N–H and O–H groups in total. The highest BCUT2D eigenvalue weighted by Crippen LogP contribution is 2.22. The van der Waals surface area contributed by atoms with Gasteiger partial charge in [-0.3, -0.25) is 9.89 Å². The average molecular weight is 347 g/mol. The van der Waals surface area contributed by atoms with Crippen molar-refractivity contribution in [2.75, 3.05) is 0 Å². The number of aryl methyl sites for hydroxylation is 1. The molecular formula is C15H15BrN4O. The highest BCUT2D eigenvalue weighted by atomic mass is 79.9. The average Bonchev–Trinajstić information content (AvgIpc) is 3.07. The highest BCUT2D eigenvalue weighted by molar-refractivity contribution is 9.10. The maximum atomic E-state index is 12.2. The fraction of sp³-hybridized carbons (Fsp3) is 0.267. The predicted molar refractivity (Wildman–Crippen MR) is 84.4 cm³/mol. The van der Waals surface area contributed by atoms with Crippen LogP contribution in [0.5, 0.6) is 0 Å². The van der Waals surface area contributed by atoms with Gasteiger partial charge in [-0.15, -0.1) is 0 Å². The van der Waals surface area contributed by atoms with Crippen LogP contribution in [0, 0.1) is 0 Å². The van der Waals surface area contributed by atoms with Crippen LogP contribution in [-0.2, 0) is 12.8 Å². The third-order valence-corrected chi connectivity index (χ3v) is 4.08. The number of rotatable bonds is 3. The fourth-order valence-electron chi connectivity index (χ4n) is 2.47. The molecule has 0 aliphatic heterocycles. The van der Waals surface area contributed by atoms with Gasteiger partial charge < -0.3 is 0 Å². The third-order valence-electron chi connectivity index (χ3n) is 3.59. The van der Waals surface area contributed by atoms with Crippen molar-refractivity contribution in [1.29, 1.82) is 0 Å². The number of H-pyrrole nitrogens is 1. The minimum absolute atomic E-state index is 0.260. The van der Waals surface area contributed by atoms with E-state index in [0.717, 1.165) is 46.3 Å². The van der Waals surface area contributed by atoms with Gasteiger partial charge in [0.25, 0.3) is 5.91 Å². The van der Waals surface area contributed by atoms with Crippen molar-refractivity contribution in [3.05, 3.63) is 51.3 Å². The molecule has 108 valence electrons. The van der Waals surface area contributed by atoms with Crippen LogP contribution in [0.4, 0.5) is 0 Å². The molecule has 0 fully saturated rings. The maximum absolute atomic E-state index is 12.2. The zero-order valence-corrected chi connectivity index (χ0v) is 13.2. The number of aromatic nitrogens is 2. The Hall–Kier alpha value is -1.95. The van der Waals surface area contributed by atoms with Crippen LogP contribution in [0.15, 0.2) is 33.8 Å². The highest BCUT2D eigenvalue weighted by Gasteiger charge is 2.22. The Kier molecular flexibility index (Phi) is 3.88. The fourth-order valence-corrected chi connectivity index (χ4v) is 2.87. The van der Waals surface area contributed by atoms with E-state index in [1.807, 2.05) is 31.2 Å². The summed E-state index contributed by atoms with van der Waals surface area (Å²) in [5, 5.41) is 11.2. The predicted octanol–water partition coefficient (Wildman–Crippen LogP) is 2.81. The summed E-state index contributed by atoms with van der Waals surface area (Å²) in [7, 11) is 0. The summed E-state index contributed by atoms with van der Waals surface area (Å²) >= 11 is 3.42. The molecule has 0 bridgehead atoms. The van der Waals surface area contributed by atoms with E-state index in [-0.39, 0.29) is 5.91 Å². The molecule has 1 aliphatic carbocycles. The second-order valence-corrected chi connectivity index (χ2v) is 5.95. The lowest BCUT2D eigenvalue weighted by Crippen LogP contribution is -2.21. The molecule has 1 aromatic heterocycles. The second-order valence-electron chi connectivity index (χ2n) is 5.03. The van der Waals surface area contributed by atoms with Gasteiger partial charge in [-0.05, 0) is 43.9 Å². The largest absolute Gasteiger partial charge is 0.292 e. The number of hydrogen-bond acceptors (Lipinski definition) is 3. The van der Waals surface area contributed by atoms with Crippen LogP contribution in [-0.4, -0.2) is 21.8 Å². The van der Waals surface area contributed by atoms with Gasteiger partial charge in [0, 0.05) is 15.7 Å². The van der Waals surface area contributed by atoms with Crippen molar-refractivity contribution < 1.29 is 4.79 Å². The van der Waals surface area contributed by atoms with E-state index < -0.39 is 0 Å². The topological polar surface area (TPSA) is 70.1 Å². The minimum atomic E-state index is -0.260. The number of hydrogen-bond donors (Lipinski definition) is 2. The Morgan fingerprint density at radius 2 is 2.29 bits per heavy atom. The number of nitrogens with zero attached hydrogens (tertiary/aromatic N) is 2. The van der Waals surface area contributed by atoms with Gasteiger partial charge in [-0.1, -0.05) is 28.1 Å². The Labute approximate surface area is 131 Å². The summed E-state index contributed by atoms with van der Waals surface area (Å²) in [6.07, 6.45) is 2.95.